The summed E-state index contributed by atoms with van der Waals surface area (Å²) in [5.41, 5.74) is 1.41. The van der Waals surface area contributed by atoms with Crippen LogP contribution in [0.15, 0.2) is 11.6 Å². The van der Waals surface area contributed by atoms with E-state index < -0.39 is 0 Å². The van der Waals surface area contributed by atoms with Crippen LogP contribution in [0.5, 0.6) is 0 Å². The molecule has 0 bridgehead atoms. The fraction of sp³-hybridized carbons (Fsp3) is 0.600. The number of allylic oxidation sites excluding steroid dienone is 2. The molecule has 2 heteroatoms. The first-order valence-corrected chi connectivity index (χ1v) is 5.70. The second kappa shape index (κ2) is 4.80. The maximum Gasteiger partial charge on any atom is -0.00712 e. The smallest absolute Gasteiger partial charge is 0.00712 e. The highest BCUT2D eigenvalue weighted by molar-refractivity contribution is 9.36. The number of rotatable bonds is 2. The van der Waals surface area contributed by atoms with Gasteiger partial charge in [-0.25, -0.2) is 0 Å². The summed E-state index contributed by atoms with van der Waals surface area (Å²) in [5.74, 6) is 0. The standard InChI is InChI=1S/C5H10BrP/c1-5(2)3-4-7-6/h3,7H,4H2,1-2H3. The van der Waals surface area contributed by atoms with Crippen molar-refractivity contribution >= 4 is 22.8 Å². The molecule has 0 nitrogen and oxygen atoms in total. The van der Waals surface area contributed by atoms with E-state index in [1.54, 1.807) is 0 Å². The molecule has 42 valence electrons. The van der Waals surface area contributed by atoms with Crippen molar-refractivity contribution in [2.24, 2.45) is 0 Å². The van der Waals surface area contributed by atoms with E-state index in [0.29, 0.717) is 0 Å². The molecule has 7 heavy (non-hydrogen) atoms. The minimum Gasteiger partial charge on any atom is -0.0810 e. The van der Waals surface area contributed by atoms with Crippen LogP contribution < -0.4 is 0 Å². The summed E-state index contributed by atoms with van der Waals surface area (Å²) >= 11 is 3.36. The molecule has 0 saturated heterocycles. The normalized spacial score (nSPS) is 10.1. The van der Waals surface area contributed by atoms with E-state index >= 15 is 0 Å². The highest BCUT2D eigenvalue weighted by Gasteiger charge is 1.74. The summed E-state index contributed by atoms with van der Waals surface area (Å²) in [6.07, 6.45) is 3.41. The van der Waals surface area contributed by atoms with Crippen LogP contribution in [0.1, 0.15) is 13.8 Å². The zero-order valence-electron chi connectivity index (χ0n) is 4.66. The molecule has 0 aromatic heterocycles. The van der Waals surface area contributed by atoms with Gasteiger partial charge in [0.25, 0.3) is 0 Å². The van der Waals surface area contributed by atoms with Gasteiger partial charge in [0.15, 0.2) is 0 Å². The third-order valence-electron chi connectivity index (χ3n) is 0.587. The van der Waals surface area contributed by atoms with Gasteiger partial charge in [0.05, 0.1) is 0 Å². The molecule has 0 radical (unpaired) electrons. The van der Waals surface area contributed by atoms with E-state index in [-0.39, 0.29) is 0 Å². The monoisotopic (exact) mass is 180 g/mol. The molecule has 1 atom stereocenters. The van der Waals surface area contributed by atoms with Gasteiger partial charge in [-0.3, -0.25) is 0 Å². The summed E-state index contributed by atoms with van der Waals surface area (Å²) in [7, 11) is 0.887. The first-order valence-electron chi connectivity index (χ1n) is 2.24. The first kappa shape index (κ1) is 7.65. The van der Waals surface area contributed by atoms with Crippen molar-refractivity contribution < 1.29 is 0 Å². The Hall–Kier alpha value is 0.650. The summed E-state index contributed by atoms with van der Waals surface area (Å²) < 4.78 is 0. The molecule has 0 saturated carbocycles. The third-order valence-corrected chi connectivity index (χ3v) is 1.92. The van der Waals surface area contributed by atoms with Crippen LogP contribution in [0.3, 0.4) is 0 Å². The molecule has 0 aromatic carbocycles. The Labute approximate surface area is 54.9 Å². The van der Waals surface area contributed by atoms with E-state index in [9.17, 15) is 0 Å². The minimum atomic E-state index is 0.887. The van der Waals surface area contributed by atoms with E-state index in [1.807, 2.05) is 0 Å². The second-order valence-corrected chi connectivity index (χ2v) is 3.98. The third kappa shape index (κ3) is 6.65. The molecular weight excluding hydrogens is 171 g/mol. The molecular formula is C5H10BrP. The highest BCUT2D eigenvalue weighted by Crippen LogP contribution is 2.19. The predicted molar refractivity (Wildman–Crippen MR) is 41.5 cm³/mol. The summed E-state index contributed by atoms with van der Waals surface area (Å²) in [5, 5.41) is 0. The van der Waals surface area contributed by atoms with Crippen molar-refractivity contribution in [1.29, 1.82) is 0 Å². The van der Waals surface area contributed by atoms with Crippen LogP contribution in [0.25, 0.3) is 0 Å². The second-order valence-electron chi connectivity index (χ2n) is 1.62. The van der Waals surface area contributed by atoms with Crippen molar-refractivity contribution in [1.82, 2.24) is 0 Å². The molecule has 0 spiro atoms. The van der Waals surface area contributed by atoms with Crippen LogP contribution in [-0.2, 0) is 0 Å². The van der Waals surface area contributed by atoms with Gasteiger partial charge in [-0.05, 0) is 27.3 Å². The largest absolute Gasteiger partial charge is 0.0810 e. The Kier molecular flexibility index (Phi) is 5.25. The van der Waals surface area contributed by atoms with Crippen molar-refractivity contribution in [3.05, 3.63) is 11.6 Å². The van der Waals surface area contributed by atoms with Gasteiger partial charge in [0.2, 0.25) is 0 Å². The molecule has 0 aliphatic heterocycles. The van der Waals surface area contributed by atoms with Gasteiger partial charge < -0.3 is 0 Å². The quantitative estimate of drug-likeness (QED) is 0.453. The topological polar surface area (TPSA) is 0 Å². The Morgan fingerprint density at radius 3 is 2.43 bits per heavy atom. The van der Waals surface area contributed by atoms with E-state index in [1.165, 1.54) is 11.7 Å². The van der Waals surface area contributed by atoms with Gasteiger partial charge in [0, 0.05) is 0 Å². The maximum atomic E-state index is 3.36. The fourth-order valence-corrected chi connectivity index (χ4v) is 1.21. The van der Waals surface area contributed by atoms with Crippen molar-refractivity contribution in [3.8, 4) is 0 Å². The lowest BCUT2D eigenvalue weighted by molar-refractivity contribution is 1.37. The highest BCUT2D eigenvalue weighted by atomic mass is 79.9. The SMILES string of the molecule is CC(C)=CCPBr. The van der Waals surface area contributed by atoms with E-state index in [2.05, 4.69) is 35.4 Å². The summed E-state index contributed by atoms with van der Waals surface area (Å²) in [4.78, 5) is 0. The predicted octanol–water partition coefficient (Wildman–Crippen LogP) is 2.94. The molecule has 0 fully saturated rings. The molecule has 0 aromatic rings. The Morgan fingerprint density at radius 2 is 2.29 bits per heavy atom. The van der Waals surface area contributed by atoms with Crippen LogP contribution in [0.4, 0.5) is 0 Å². The summed E-state index contributed by atoms with van der Waals surface area (Å²) in [6, 6.07) is 0. The van der Waals surface area contributed by atoms with Gasteiger partial charge in [-0.1, -0.05) is 27.1 Å². The average Bonchev–Trinajstić information content (AvgIpc) is 1.61. The van der Waals surface area contributed by atoms with Crippen LogP contribution in [0.2, 0.25) is 0 Å². The molecule has 0 amide bonds. The molecule has 0 heterocycles. The van der Waals surface area contributed by atoms with Crippen LogP contribution in [0, 0.1) is 0 Å². The van der Waals surface area contributed by atoms with Gasteiger partial charge in [0.1, 0.15) is 0 Å². The van der Waals surface area contributed by atoms with Crippen LogP contribution >= 0.6 is 22.8 Å². The van der Waals surface area contributed by atoms with Crippen molar-refractivity contribution in [3.63, 3.8) is 0 Å². The minimum absolute atomic E-state index is 0.887. The lowest BCUT2D eigenvalue weighted by atomic mass is 10.3. The van der Waals surface area contributed by atoms with Crippen molar-refractivity contribution in [2.75, 3.05) is 6.16 Å². The lowest BCUT2D eigenvalue weighted by Crippen LogP contribution is -1.64. The first-order chi connectivity index (χ1) is 3.27. The van der Waals surface area contributed by atoms with E-state index in [0.717, 1.165) is 7.28 Å². The molecule has 1 unspecified atom stereocenters. The van der Waals surface area contributed by atoms with Gasteiger partial charge in [-0.15, -0.1) is 0 Å². The Bertz CT molecular complexity index is 64.5. The zero-order chi connectivity index (χ0) is 5.70. The zero-order valence-corrected chi connectivity index (χ0v) is 7.25. The fourth-order valence-electron chi connectivity index (χ4n) is 0.243. The van der Waals surface area contributed by atoms with Gasteiger partial charge in [-0.2, -0.15) is 0 Å². The lowest BCUT2D eigenvalue weighted by Gasteiger charge is -1.84. The molecule has 0 aliphatic carbocycles. The molecule has 0 aliphatic rings. The van der Waals surface area contributed by atoms with Gasteiger partial charge >= 0.3 is 0 Å². The van der Waals surface area contributed by atoms with Crippen LogP contribution in [-0.4, -0.2) is 6.16 Å². The molecule has 0 rings (SSSR count). The number of halogens is 1. The van der Waals surface area contributed by atoms with Crippen molar-refractivity contribution in [2.45, 2.75) is 13.8 Å². The summed E-state index contributed by atoms with van der Waals surface area (Å²) in [6.45, 7) is 4.24. The number of hydrogen-bond donors (Lipinski definition) is 0. The van der Waals surface area contributed by atoms with E-state index in [4.69, 9.17) is 0 Å². The molecule has 0 N–H and O–H groups in total. The average molecular weight is 181 g/mol. The number of hydrogen-bond acceptors (Lipinski definition) is 0. The maximum absolute atomic E-state index is 3.36. The Balaban J connectivity index is 3.08. The Morgan fingerprint density at radius 1 is 1.71 bits per heavy atom.